The van der Waals surface area contributed by atoms with Gasteiger partial charge in [0.05, 0.1) is 5.69 Å². The van der Waals surface area contributed by atoms with E-state index in [9.17, 15) is 0 Å². The maximum Gasteiger partial charge on any atom is 0.0709 e. The first-order chi connectivity index (χ1) is 4.43. The molecule has 1 radical (unpaired) electrons. The van der Waals surface area contributed by atoms with E-state index in [1.54, 1.807) is 18.7 Å². The van der Waals surface area contributed by atoms with Crippen LogP contribution in [0.15, 0.2) is 31.0 Å². The van der Waals surface area contributed by atoms with Crippen LogP contribution >= 0.6 is 0 Å². The topological polar surface area (TPSA) is 25.8 Å². The number of nitrogens with zero attached hydrogens (tertiary/aromatic N) is 2. The third-order valence-corrected chi connectivity index (χ3v) is 0.882. The van der Waals surface area contributed by atoms with Crippen molar-refractivity contribution in [3.8, 4) is 0 Å². The van der Waals surface area contributed by atoms with E-state index in [-0.39, 0.29) is 0 Å². The summed E-state index contributed by atoms with van der Waals surface area (Å²) in [4.78, 5) is 0. The fourth-order valence-corrected chi connectivity index (χ4v) is 0.523. The van der Waals surface area contributed by atoms with E-state index in [4.69, 9.17) is 0 Å². The van der Waals surface area contributed by atoms with Crippen molar-refractivity contribution in [2.24, 2.45) is 0 Å². The zero-order valence-corrected chi connectivity index (χ0v) is 4.99. The molecule has 0 aliphatic rings. The van der Waals surface area contributed by atoms with Crippen LogP contribution in [0, 0.1) is 6.42 Å². The molecule has 0 bridgehead atoms. The third-order valence-electron chi connectivity index (χ3n) is 0.882. The average molecular weight is 119 g/mol. The van der Waals surface area contributed by atoms with E-state index in [0.717, 1.165) is 5.69 Å². The van der Waals surface area contributed by atoms with Gasteiger partial charge >= 0.3 is 0 Å². The molecule has 0 N–H and O–H groups in total. The summed E-state index contributed by atoms with van der Waals surface area (Å²) in [5.74, 6) is 0. The molecule has 1 aromatic heterocycles. The maximum atomic E-state index is 3.79. The molecule has 0 saturated carbocycles. The summed E-state index contributed by atoms with van der Waals surface area (Å²) in [5.41, 5.74) is 0.840. The Balaban J connectivity index is 2.72. The fraction of sp³-hybridized carbons (Fsp3) is 0. The van der Waals surface area contributed by atoms with Crippen molar-refractivity contribution >= 4 is 0 Å². The molecule has 0 aliphatic carbocycles. The highest BCUT2D eigenvalue weighted by Gasteiger charge is 1.85. The average Bonchev–Trinajstić information content (AvgIpc) is 1.91. The van der Waals surface area contributed by atoms with Crippen LogP contribution in [0.1, 0.15) is 5.69 Å². The van der Waals surface area contributed by atoms with Gasteiger partial charge in [-0.1, -0.05) is 6.08 Å². The second-order valence-corrected chi connectivity index (χ2v) is 1.55. The molecule has 0 spiro atoms. The zero-order valence-electron chi connectivity index (χ0n) is 4.99. The van der Waals surface area contributed by atoms with Crippen LogP contribution in [0.5, 0.6) is 0 Å². The van der Waals surface area contributed by atoms with Gasteiger partial charge in [0.15, 0.2) is 0 Å². The predicted molar refractivity (Wildman–Crippen MR) is 35.6 cm³/mol. The molecule has 0 aromatic carbocycles. The maximum absolute atomic E-state index is 3.79. The summed E-state index contributed by atoms with van der Waals surface area (Å²) in [5, 5.41) is 7.47. The number of allylic oxidation sites excluding steroid dienone is 1. The van der Waals surface area contributed by atoms with Crippen molar-refractivity contribution in [2.45, 2.75) is 0 Å². The van der Waals surface area contributed by atoms with Gasteiger partial charge in [0.1, 0.15) is 0 Å². The number of aromatic nitrogens is 2. The van der Waals surface area contributed by atoms with E-state index in [2.05, 4.69) is 16.8 Å². The van der Waals surface area contributed by atoms with Crippen molar-refractivity contribution < 1.29 is 0 Å². The lowest BCUT2D eigenvalue weighted by atomic mass is 10.3. The van der Waals surface area contributed by atoms with Crippen LogP contribution in [-0.4, -0.2) is 10.2 Å². The Morgan fingerprint density at radius 2 is 2.44 bits per heavy atom. The Labute approximate surface area is 54.2 Å². The van der Waals surface area contributed by atoms with Gasteiger partial charge in [-0.05, 0) is 12.1 Å². The lowest BCUT2D eigenvalue weighted by Crippen LogP contribution is -1.85. The number of hydrogen-bond acceptors (Lipinski definition) is 2. The second-order valence-electron chi connectivity index (χ2n) is 1.55. The van der Waals surface area contributed by atoms with Gasteiger partial charge in [-0.15, -0.1) is 6.58 Å². The van der Waals surface area contributed by atoms with Crippen LogP contribution < -0.4 is 0 Å². The molecule has 2 nitrogen and oxygen atoms in total. The molecule has 1 aromatic rings. The minimum atomic E-state index is 0.840. The monoisotopic (exact) mass is 119 g/mol. The largest absolute Gasteiger partial charge is 0.159 e. The van der Waals surface area contributed by atoms with Crippen LogP contribution in [0.25, 0.3) is 0 Å². The van der Waals surface area contributed by atoms with Crippen LogP contribution in [0.2, 0.25) is 0 Å². The molecule has 1 heterocycles. The zero-order chi connectivity index (χ0) is 6.53. The van der Waals surface area contributed by atoms with Gasteiger partial charge in [-0.25, -0.2) is 0 Å². The molecule has 1 rings (SSSR count). The Bertz CT molecular complexity index is 181. The first-order valence-corrected chi connectivity index (χ1v) is 2.67. The summed E-state index contributed by atoms with van der Waals surface area (Å²) >= 11 is 0. The molecule has 9 heavy (non-hydrogen) atoms. The summed E-state index contributed by atoms with van der Waals surface area (Å²) in [6.07, 6.45) is 5.12. The standard InChI is InChI=1S/C7H7N2/c1-2-4-7-5-3-6-8-9-7/h2-6H,1H2. The Kier molecular flexibility index (Phi) is 1.96. The summed E-state index contributed by atoms with van der Waals surface area (Å²) in [6, 6.07) is 3.71. The highest BCUT2D eigenvalue weighted by atomic mass is 15.1. The van der Waals surface area contributed by atoms with Gasteiger partial charge < -0.3 is 0 Å². The molecule has 0 aliphatic heterocycles. The first-order valence-electron chi connectivity index (χ1n) is 2.67. The van der Waals surface area contributed by atoms with Crippen molar-refractivity contribution in [2.75, 3.05) is 0 Å². The Morgan fingerprint density at radius 3 is 3.00 bits per heavy atom. The first kappa shape index (κ1) is 5.95. The summed E-state index contributed by atoms with van der Waals surface area (Å²) < 4.78 is 0. The molecular formula is C7H7N2. The number of rotatable bonds is 2. The van der Waals surface area contributed by atoms with Crippen LogP contribution in [0.3, 0.4) is 0 Å². The molecule has 0 saturated heterocycles. The second kappa shape index (κ2) is 2.97. The summed E-state index contributed by atoms with van der Waals surface area (Å²) in [7, 11) is 0. The van der Waals surface area contributed by atoms with Gasteiger partial charge in [-0.2, -0.15) is 10.2 Å². The SMILES string of the molecule is C=C[CH]c1cccnn1. The quantitative estimate of drug-likeness (QED) is 0.584. The van der Waals surface area contributed by atoms with E-state index >= 15 is 0 Å². The molecular weight excluding hydrogens is 112 g/mol. The van der Waals surface area contributed by atoms with Gasteiger partial charge in [-0.3, -0.25) is 0 Å². The van der Waals surface area contributed by atoms with Gasteiger partial charge in [0.2, 0.25) is 0 Å². The molecule has 0 atom stereocenters. The smallest absolute Gasteiger partial charge is 0.0709 e. The van der Waals surface area contributed by atoms with Crippen molar-refractivity contribution in [1.29, 1.82) is 0 Å². The van der Waals surface area contributed by atoms with E-state index < -0.39 is 0 Å². The predicted octanol–water partition coefficient (Wildman–Crippen LogP) is 1.21. The summed E-state index contributed by atoms with van der Waals surface area (Å²) in [6.45, 7) is 3.53. The lowest BCUT2D eigenvalue weighted by molar-refractivity contribution is 0.995. The lowest BCUT2D eigenvalue weighted by Gasteiger charge is -1.88. The van der Waals surface area contributed by atoms with Gasteiger partial charge in [0.25, 0.3) is 0 Å². The van der Waals surface area contributed by atoms with E-state index in [1.807, 2.05) is 12.1 Å². The van der Waals surface area contributed by atoms with Crippen molar-refractivity contribution in [1.82, 2.24) is 10.2 Å². The van der Waals surface area contributed by atoms with Gasteiger partial charge in [0, 0.05) is 12.6 Å². The van der Waals surface area contributed by atoms with Crippen molar-refractivity contribution in [3.63, 3.8) is 0 Å². The van der Waals surface area contributed by atoms with Crippen LogP contribution in [0.4, 0.5) is 0 Å². The Morgan fingerprint density at radius 1 is 1.56 bits per heavy atom. The molecule has 45 valence electrons. The number of hydrogen-bond donors (Lipinski definition) is 0. The minimum absolute atomic E-state index is 0.840. The van der Waals surface area contributed by atoms with E-state index in [1.165, 1.54) is 0 Å². The minimum Gasteiger partial charge on any atom is -0.159 e. The third kappa shape index (κ3) is 1.64. The molecule has 0 amide bonds. The highest BCUT2D eigenvalue weighted by Crippen LogP contribution is 1.93. The fourth-order valence-electron chi connectivity index (χ4n) is 0.523. The molecule has 0 unspecified atom stereocenters. The van der Waals surface area contributed by atoms with Crippen LogP contribution in [-0.2, 0) is 0 Å². The normalized spacial score (nSPS) is 8.89. The molecule has 2 heteroatoms. The van der Waals surface area contributed by atoms with Crippen molar-refractivity contribution in [3.05, 3.63) is 43.1 Å². The van der Waals surface area contributed by atoms with E-state index in [0.29, 0.717) is 0 Å². The molecule has 0 fully saturated rings. The Hall–Kier alpha value is -1.18. The highest BCUT2D eigenvalue weighted by molar-refractivity contribution is 5.16.